The van der Waals surface area contributed by atoms with Gasteiger partial charge < -0.3 is 0 Å². The Morgan fingerprint density at radius 2 is 2.25 bits per heavy atom. The highest BCUT2D eigenvalue weighted by atomic mass is 79.9. The predicted octanol–water partition coefficient (Wildman–Crippen LogP) is 2.49. The highest BCUT2D eigenvalue weighted by Gasteiger charge is 2.08. The standard InChI is InChI=1S/C7H3BrFNOS/c8-4-2-1-3-6(5(4)9)12-10-7(3)11/h1-2H,(H,10,11). The van der Waals surface area contributed by atoms with E-state index in [1.807, 2.05) is 0 Å². The number of aromatic amines is 1. The molecule has 5 heteroatoms. The smallest absolute Gasteiger partial charge is 0.266 e. The maximum absolute atomic E-state index is 13.2. The van der Waals surface area contributed by atoms with E-state index in [1.54, 1.807) is 6.07 Å². The Morgan fingerprint density at radius 1 is 1.50 bits per heavy atom. The Kier molecular flexibility index (Phi) is 1.77. The van der Waals surface area contributed by atoms with Gasteiger partial charge in [-0.15, -0.1) is 0 Å². The molecule has 1 N–H and O–H groups in total. The summed E-state index contributed by atoms with van der Waals surface area (Å²) in [5.74, 6) is -0.379. The number of benzene rings is 1. The third-order valence-corrected chi connectivity index (χ3v) is 3.04. The molecule has 0 atom stereocenters. The monoisotopic (exact) mass is 247 g/mol. The fraction of sp³-hybridized carbons (Fsp3) is 0. The van der Waals surface area contributed by atoms with E-state index in [9.17, 15) is 9.18 Å². The zero-order chi connectivity index (χ0) is 8.72. The zero-order valence-corrected chi connectivity index (χ0v) is 8.13. The summed E-state index contributed by atoms with van der Waals surface area (Å²) in [5, 5.41) is 0.403. The highest BCUT2D eigenvalue weighted by Crippen LogP contribution is 2.24. The van der Waals surface area contributed by atoms with Crippen molar-refractivity contribution in [2.24, 2.45) is 0 Å². The second kappa shape index (κ2) is 2.67. The van der Waals surface area contributed by atoms with Crippen molar-refractivity contribution < 1.29 is 4.39 Å². The van der Waals surface area contributed by atoms with Gasteiger partial charge in [0.25, 0.3) is 5.56 Å². The van der Waals surface area contributed by atoms with E-state index in [0.717, 1.165) is 11.5 Å². The van der Waals surface area contributed by atoms with Crippen LogP contribution in [0.2, 0.25) is 0 Å². The topological polar surface area (TPSA) is 32.9 Å². The molecule has 1 aromatic heterocycles. The van der Waals surface area contributed by atoms with Crippen molar-refractivity contribution in [3.8, 4) is 0 Å². The summed E-state index contributed by atoms with van der Waals surface area (Å²) in [4.78, 5) is 11.0. The van der Waals surface area contributed by atoms with Gasteiger partial charge in [0.05, 0.1) is 14.6 Å². The third kappa shape index (κ3) is 1.01. The number of rotatable bonds is 0. The van der Waals surface area contributed by atoms with Gasteiger partial charge in [0.2, 0.25) is 0 Å². The van der Waals surface area contributed by atoms with Crippen molar-refractivity contribution in [1.82, 2.24) is 4.37 Å². The molecule has 0 amide bonds. The van der Waals surface area contributed by atoms with E-state index >= 15 is 0 Å². The summed E-state index contributed by atoms with van der Waals surface area (Å²) in [7, 11) is 0. The lowest BCUT2D eigenvalue weighted by molar-refractivity contribution is 0.635. The molecule has 0 saturated heterocycles. The first-order chi connectivity index (χ1) is 5.70. The summed E-state index contributed by atoms with van der Waals surface area (Å²) in [6, 6.07) is 3.12. The first-order valence-electron chi connectivity index (χ1n) is 3.15. The minimum Gasteiger partial charge on any atom is -0.277 e. The fourth-order valence-electron chi connectivity index (χ4n) is 0.963. The van der Waals surface area contributed by atoms with Crippen molar-refractivity contribution in [3.63, 3.8) is 0 Å². The number of hydrogen-bond donors (Lipinski definition) is 1. The molecule has 12 heavy (non-hydrogen) atoms. The van der Waals surface area contributed by atoms with E-state index in [-0.39, 0.29) is 11.4 Å². The molecule has 0 aliphatic rings. The molecule has 0 bridgehead atoms. The second-order valence-corrected chi connectivity index (χ2v) is 3.94. The summed E-state index contributed by atoms with van der Waals surface area (Å²) in [5.41, 5.74) is -0.235. The number of hydrogen-bond acceptors (Lipinski definition) is 2. The van der Waals surface area contributed by atoms with Crippen LogP contribution in [0.5, 0.6) is 0 Å². The Morgan fingerprint density at radius 3 is 3.00 bits per heavy atom. The first-order valence-corrected chi connectivity index (χ1v) is 4.76. The van der Waals surface area contributed by atoms with Crippen LogP contribution in [0.25, 0.3) is 10.1 Å². The van der Waals surface area contributed by atoms with Crippen LogP contribution in [0.1, 0.15) is 0 Å². The molecule has 1 heterocycles. The van der Waals surface area contributed by atoms with Crippen LogP contribution in [-0.4, -0.2) is 4.37 Å². The number of halogens is 2. The Bertz CT molecular complexity index is 490. The predicted molar refractivity (Wildman–Crippen MR) is 50.1 cm³/mol. The van der Waals surface area contributed by atoms with Gasteiger partial charge in [0.1, 0.15) is 0 Å². The molecule has 0 aliphatic heterocycles. The van der Waals surface area contributed by atoms with Crippen molar-refractivity contribution in [2.75, 3.05) is 0 Å². The lowest BCUT2D eigenvalue weighted by Crippen LogP contribution is -1.96. The lowest BCUT2D eigenvalue weighted by Gasteiger charge is -1.92. The minimum absolute atomic E-state index is 0.235. The molecule has 62 valence electrons. The molecule has 0 aliphatic carbocycles. The zero-order valence-electron chi connectivity index (χ0n) is 5.73. The van der Waals surface area contributed by atoms with Gasteiger partial charge in [-0.05, 0) is 28.1 Å². The minimum atomic E-state index is -0.379. The molecule has 0 saturated carbocycles. The van der Waals surface area contributed by atoms with Crippen molar-refractivity contribution >= 4 is 37.5 Å². The summed E-state index contributed by atoms with van der Waals surface area (Å²) in [6.07, 6.45) is 0. The summed E-state index contributed by atoms with van der Waals surface area (Å²) in [6.45, 7) is 0. The van der Waals surface area contributed by atoms with Gasteiger partial charge in [-0.25, -0.2) is 4.39 Å². The average Bonchev–Trinajstić information content (AvgIpc) is 2.41. The Hall–Kier alpha value is -0.680. The molecule has 0 fully saturated rings. The van der Waals surface area contributed by atoms with E-state index in [0.29, 0.717) is 14.6 Å². The first kappa shape index (κ1) is 7.94. The highest BCUT2D eigenvalue weighted by molar-refractivity contribution is 9.10. The van der Waals surface area contributed by atoms with Crippen molar-refractivity contribution in [2.45, 2.75) is 0 Å². The fourth-order valence-corrected chi connectivity index (χ4v) is 2.20. The van der Waals surface area contributed by atoms with Gasteiger partial charge in [-0.2, -0.15) is 0 Å². The van der Waals surface area contributed by atoms with Crippen LogP contribution in [0, 0.1) is 5.82 Å². The number of aromatic nitrogens is 1. The SMILES string of the molecule is O=c1[nH]sc2c(F)c(Br)ccc12. The van der Waals surface area contributed by atoms with E-state index in [2.05, 4.69) is 20.3 Å². The van der Waals surface area contributed by atoms with Gasteiger partial charge >= 0.3 is 0 Å². The van der Waals surface area contributed by atoms with Gasteiger partial charge in [0.15, 0.2) is 5.82 Å². The van der Waals surface area contributed by atoms with E-state index in [4.69, 9.17) is 0 Å². The maximum atomic E-state index is 13.2. The molecule has 2 nitrogen and oxygen atoms in total. The molecular weight excluding hydrogens is 245 g/mol. The van der Waals surface area contributed by atoms with Crippen molar-refractivity contribution in [1.29, 1.82) is 0 Å². The van der Waals surface area contributed by atoms with Crippen LogP contribution >= 0.6 is 27.5 Å². The summed E-state index contributed by atoms with van der Waals surface area (Å²) < 4.78 is 16.4. The second-order valence-electron chi connectivity index (χ2n) is 2.27. The summed E-state index contributed by atoms with van der Waals surface area (Å²) >= 11 is 4.05. The van der Waals surface area contributed by atoms with Gasteiger partial charge in [-0.1, -0.05) is 11.5 Å². The molecular formula is C7H3BrFNOS. The Balaban J connectivity index is 3.02. The molecule has 1 aromatic carbocycles. The van der Waals surface area contributed by atoms with Crippen LogP contribution in [0.15, 0.2) is 21.4 Å². The lowest BCUT2D eigenvalue weighted by atomic mass is 10.3. The molecule has 0 spiro atoms. The van der Waals surface area contributed by atoms with Gasteiger partial charge in [-0.3, -0.25) is 9.17 Å². The molecule has 2 aromatic rings. The number of fused-ring (bicyclic) bond motifs is 1. The number of H-pyrrole nitrogens is 1. The third-order valence-electron chi connectivity index (χ3n) is 1.54. The molecule has 0 radical (unpaired) electrons. The maximum Gasteiger partial charge on any atom is 0.266 e. The van der Waals surface area contributed by atoms with Gasteiger partial charge in [0, 0.05) is 0 Å². The molecule has 2 rings (SSSR count). The van der Waals surface area contributed by atoms with Crippen LogP contribution < -0.4 is 5.56 Å². The van der Waals surface area contributed by atoms with Crippen LogP contribution in [0.3, 0.4) is 0 Å². The van der Waals surface area contributed by atoms with Crippen molar-refractivity contribution in [3.05, 3.63) is 32.8 Å². The van der Waals surface area contributed by atoms with E-state index < -0.39 is 0 Å². The van der Waals surface area contributed by atoms with Crippen LogP contribution in [-0.2, 0) is 0 Å². The normalized spacial score (nSPS) is 10.8. The van der Waals surface area contributed by atoms with Crippen LogP contribution in [0.4, 0.5) is 4.39 Å². The average molecular weight is 248 g/mol. The Labute approximate surface area is 79.3 Å². The number of nitrogens with one attached hydrogen (secondary N) is 1. The molecule has 0 unspecified atom stereocenters. The quantitative estimate of drug-likeness (QED) is 0.763. The largest absolute Gasteiger partial charge is 0.277 e. The van der Waals surface area contributed by atoms with E-state index in [1.165, 1.54) is 6.07 Å².